The summed E-state index contributed by atoms with van der Waals surface area (Å²) in [7, 11) is 0. The van der Waals surface area contributed by atoms with Crippen LogP contribution in [0.3, 0.4) is 0 Å². The fourth-order valence-corrected chi connectivity index (χ4v) is 3.85. The molecule has 0 spiro atoms. The van der Waals surface area contributed by atoms with E-state index >= 15 is 0 Å². The lowest BCUT2D eigenvalue weighted by atomic mass is 9.61. The van der Waals surface area contributed by atoms with Gasteiger partial charge in [-0.15, -0.1) is 0 Å². The molecule has 1 aliphatic carbocycles. The molecule has 2 rings (SSSR count). The third kappa shape index (κ3) is 2.95. The average Bonchev–Trinajstić information content (AvgIpc) is 2.45. The molecule has 1 aliphatic rings. The van der Waals surface area contributed by atoms with Crippen LogP contribution in [0.1, 0.15) is 52.1 Å². The van der Waals surface area contributed by atoms with E-state index in [1.165, 1.54) is 10.0 Å². The number of hydrogen-bond donors (Lipinski definition) is 1. The first-order chi connectivity index (χ1) is 9.52. The topological polar surface area (TPSA) is 21.3 Å². The standard InChI is InChI=1S/C17H26BrNO/c1-5-17(4)15(11-16(17)20-6-2)19-12(3)13-9-7-8-10-14(13)18/h7-10,12,15-16,19H,5-6,11H2,1-4H3/t12-,15?,16?,17?/m0/s1. The van der Waals surface area contributed by atoms with E-state index in [0.717, 1.165) is 19.4 Å². The minimum absolute atomic E-state index is 0.255. The minimum atomic E-state index is 0.255. The Bertz CT molecular complexity index is 450. The second-order valence-electron chi connectivity index (χ2n) is 6.00. The summed E-state index contributed by atoms with van der Waals surface area (Å²) in [5, 5.41) is 3.79. The summed E-state index contributed by atoms with van der Waals surface area (Å²) in [6, 6.07) is 9.33. The number of hydrogen-bond acceptors (Lipinski definition) is 2. The molecule has 1 fully saturated rings. The van der Waals surface area contributed by atoms with E-state index in [4.69, 9.17) is 4.74 Å². The van der Waals surface area contributed by atoms with Gasteiger partial charge in [0.1, 0.15) is 0 Å². The van der Waals surface area contributed by atoms with Crippen LogP contribution < -0.4 is 5.32 Å². The summed E-state index contributed by atoms with van der Waals surface area (Å²) in [6.07, 6.45) is 2.67. The van der Waals surface area contributed by atoms with Crippen LogP contribution in [0.15, 0.2) is 28.7 Å². The largest absolute Gasteiger partial charge is 0.378 e. The smallest absolute Gasteiger partial charge is 0.0658 e. The highest BCUT2D eigenvalue weighted by molar-refractivity contribution is 9.10. The summed E-state index contributed by atoms with van der Waals surface area (Å²) in [5.74, 6) is 0. The van der Waals surface area contributed by atoms with E-state index in [0.29, 0.717) is 18.2 Å². The van der Waals surface area contributed by atoms with Crippen molar-refractivity contribution in [3.05, 3.63) is 34.3 Å². The number of halogens is 1. The van der Waals surface area contributed by atoms with Gasteiger partial charge in [-0.2, -0.15) is 0 Å². The number of rotatable bonds is 6. The molecule has 1 N–H and O–H groups in total. The maximum absolute atomic E-state index is 5.88. The molecule has 3 unspecified atom stereocenters. The minimum Gasteiger partial charge on any atom is -0.378 e. The maximum atomic E-state index is 5.88. The third-order valence-corrected chi connectivity index (χ3v) is 5.66. The van der Waals surface area contributed by atoms with Gasteiger partial charge in [0, 0.05) is 28.6 Å². The molecule has 20 heavy (non-hydrogen) atoms. The Balaban J connectivity index is 2.02. The van der Waals surface area contributed by atoms with Gasteiger partial charge < -0.3 is 10.1 Å². The highest BCUT2D eigenvalue weighted by Gasteiger charge is 2.51. The lowest BCUT2D eigenvalue weighted by Crippen LogP contribution is -2.62. The molecule has 0 radical (unpaired) electrons. The van der Waals surface area contributed by atoms with E-state index in [-0.39, 0.29) is 5.41 Å². The van der Waals surface area contributed by atoms with Crippen molar-refractivity contribution < 1.29 is 4.74 Å². The van der Waals surface area contributed by atoms with Gasteiger partial charge in [0.05, 0.1) is 6.10 Å². The molecule has 0 aromatic heterocycles. The average molecular weight is 340 g/mol. The van der Waals surface area contributed by atoms with Gasteiger partial charge in [-0.25, -0.2) is 0 Å². The van der Waals surface area contributed by atoms with Crippen LogP contribution in [-0.2, 0) is 4.74 Å². The van der Waals surface area contributed by atoms with Crippen LogP contribution in [0.5, 0.6) is 0 Å². The Morgan fingerprint density at radius 1 is 1.40 bits per heavy atom. The summed E-state index contributed by atoms with van der Waals surface area (Å²) in [4.78, 5) is 0. The van der Waals surface area contributed by atoms with Crippen LogP contribution in [0.25, 0.3) is 0 Å². The molecule has 1 aromatic rings. The second-order valence-corrected chi connectivity index (χ2v) is 6.86. The zero-order valence-corrected chi connectivity index (χ0v) is 14.5. The molecular formula is C17H26BrNO. The lowest BCUT2D eigenvalue weighted by Gasteiger charge is -2.54. The lowest BCUT2D eigenvalue weighted by molar-refractivity contribution is -0.127. The quantitative estimate of drug-likeness (QED) is 0.811. The number of ether oxygens (including phenoxy) is 1. The van der Waals surface area contributed by atoms with Gasteiger partial charge in [-0.05, 0) is 38.3 Å². The second kappa shape index (κ2) is 6.59. The Hall–Kier alpha value is -0.380. The molecule has 112 valence electrons. The van der Waals surface area contributed by atoms with E-state index in [1.54, 1.807) is 0 Å². The predicted octanol–water partition coefficient (Wildman–Crippen LogP) is 4.69. The maximum Gasteiger partial charge on any atom is 0.0658 e. The third-order valence-electron chi connectivity index (χ3n) is 4.93. The van der Waals surface area contributed by atoms with E-state index in [9.17, 15) is 0 Å². The molecule has 1 saturated carbocycles. The van der Waals surface area contributed by atoms with Crippen molar-refractivity contribution in [2.45, 2.75) is 58.7 Å². The Labute approximate surface area is 131 Å². The Morgan fingerprint density at radius 3 is 2.70 bits per heavy atom. The van der Waals surface area contributed by atoms with Crippen LogP contribution in [-0.4, -0.2) is 18.8 Å². The van der Waals surface area contributed by atoms with Crippen LogP contribution >= 0.6 is 15.9 Å². The first-order valence-electron chi connectivity index (χ1n) is 7.65. The van der Waals surface area contributed by atoms with Crippen molar-refractivity contribution in [1.82, 2.24) is 5.32 Å². The predicted molar refractivity (Wildman–Crippen MR) is 87.9 cm³/mol. The highest BCUT2D eigenvalue weighted by Crippen LogP contribution is 2.46. The van der Waals surface area contributed by atoms with E-state index < -0.39 is 0 Å². The molecular weight excluding hydrogens is 314 g/mol. The van der Waals surface area contributed by atoms with Crippen molar-refractivity contribution in [3.63, 3.8) is 0 Å². The highest BCUT2D eigenvalue weighted by atomic mass is 79.9. The fourth-order valence-electron chi connectivity index (χ4n) is 3.23. The van der Waals surface area contributed by atoms with Crippen molar-refractivity contribution in [3.8, 4) is 0 Å². The monoisotopic (exact) mass is 339 g/mol. The Morgan fingerprint density at radius 2 is 2.10 bits per heavy atom. The van der Waals surface area contributed by atoms with Crippen LogP contribution in [0.2, 0.25) is 0 Å². The van der Waals surface area contributed by atoms with Gasteiger partial charge in [-0.3, -0.25) is 0 Å². The van der Waals surface area contributed by atoms with Crippen molar-refractivity contribution in [2.75, 3.05) is 6.61 Å². The molecule has 2 nitrogen and oxygen atoms in total. The first-order valence-corrected chi connectivity index (χ1v) is 8.44. The summed E-state index contributed by atoms with van der Waals surface area (Å²) in [5.41, 5.74) is 1.58. The zero-order chi connectivity index (χ0) is 14.8. The number of benzene rings is 1. The molecule has 1 aromatic carbocycles. The van der Waals surface area contributed by atoms with Crippen LogP contribution in [0, 0.1) is 5.41 Å². The fraction of sp³-hybridized carbons (Fsp3) is 0.647. The van der Waals surface area contributed by atoms with Gasteiger partial charge in [0.2, 0.25) is 0 Å². The van der Waals surface area contributed by atoms with Crippen molar-refractivity contribution in [2.24, 2.45) is 5.41 Å². The van der Waals surface area contributed by atoms with Gasteiger partial charge in [-0.1, -0.05) is 48.0 Å². The molecule has 3 heteroatoms. The van der Waals surface area contributed by atoms with Gasteiger partial charge >= 0.3 is 0 Å². The molecule has 0 amide bonds. The van der Waals surface area contributed by atoms with Gasteiger partial charge in [0.25, 0.3) is 0 Å². The first kappa shape index (κ1) is 16.0. The van der Waals surface area contributed by atoms with E-state index in [1.807, 2.05) is 0 Å². The van der Waals surface area contributed by atoms with Crippen LogP contribution in [0.4, 0.5) is 0 Å². The molecule has 0 bridgehead atoms. The number of nitrogens with one attached hydrogen (secondary N) is 1. The SMILES string of the molecule is CCOC1CC(N[C@@H](C)c2ccccc2Br)C1(C)CC. The van der Waals surface area contributed by atoms with Gasteiger partial charge in [0.15, 0.2) is 0 Å². The summed E-state index contributed by atoms with van der Waals surface area (Å²) >= 11 is 3.64. The normalized spacial score (nSPS) is 30.9. The van der Waals surface area contributed by atoms with Crippen molar-refractivity contribution >= 4 is 15.9 Å². The summed E-state index contributed by atoms with van der Waals surface area (Å²) in [6.45, 7) is 9.75. The molecule has 0 saturated heterocycles. The molecule has 0 heterocycles. The molecule has 4 atom stereocenters. The Kier molecular flexibility index (Phi) is 5.27. The zero-order valence-electron chi connectivity index (χ0n) is 12.9. The molecule has 0 aliphatic heterocycles. The summed E-state index contributed by atoms with van der Waals surface area (Å²) < 4.78 is 7.06. The van der Waals surface area contributed by atoms with E-state index in [2.05, 4.69) is 73.2 Å². The van der Waals surface area contributed by atoms with Crippen molar-refractivity contribution in [1.29, 1.82) is 0 Å².